The van der Waals surface area contributed by atoms with Crippen LogP contribution < -0.4 is 4.72 Å². The van der Waals surface area contributed by atoms with Crippen molar-refractivity contribution in [1.29, 1.82) is 0 Å². The summed E-state index contributed by atoms with van der Waals surface area (Å²) in [7, 11) is -2.28. The molecule has 0 fully saturated rings. The topological polar surface area (TPSA) is 81.1 Å². The van der Waals surface area contributed by atoms with Crippen LogP contribution in [0.1, 0.15) is 16.1 Å². The van der Waals surface area contributed by atoms with E-state index in [0.29, 0.717) is 22.0 Å². The number of hydrogen-bond acceptors (Lipinski definition) is 4. The fraction of sp³-hybridized carbons (Fsp3) is 0.111. The van der Waals surface area contributed by atoms with Crippen molar-refractivity contribution in [1.82, 2.24) is 14.3 Å². The lowest BCUT2D eigenvalue weighted by Crippen LogP contribution is -2.31. The maximum Gasteiger partial charge on any atom is 0.285 e. The second kappa shape index (κ2) is 6.93. The number of carbonyl (C=O) groups excluding carboxylic acids is 1. The summed E-state index contributed by atoms with van der Waals surface area (Å²) in [5.74, 6) is -0.337. The molecule has 0 aliphatic carbocycles. The van der Waals surface area contributed by atoms with E-state index in [1.807, 2.05) is 0 Å². The van der Waals surface area contributed by atoms with Crippen molar-refractivity contribution in [3.05, 3.63) is 71.0 Å². The Morgan fingerprint density at radius 2 is 1.77 bits per heavy atom. The smallest absolute Gasteiger partial charge is 0.285 e. The predicted molar refractivity (Wildman–Crippen MR) is 99.5 cm³/mol. The van der Waals surface area contributed by atoms with Crippen molar-refractivity contribution in [2.24, 2.45) is 7.05 Å². The molecule has 2 aromatic carbocycles. The Morgan fingerprint density at radius 3 is 2.46 bits per heavy atom. The van der Waals surface area contributed by atoms with Crippen LogP contribution in [0.3, 0.4) is 0 Å². The van der Waals surface area contributed by atoms with Crippen molar-refractivity contribution < 1.29 is 13.2 Å². The zero-order chi connectivity index (χ0) is 18.9. The predicted octanol–water partition coefficient (Wildman–Crippen LogP) is 3.17. The summed E-state index contributed by atoms with van der Waals surface area (Å²) in [5, 5.41) is 0.487. The first kappa shape index (κ1) is 18.2. The minimum Gasteiger partial charge on any atom is -0.333 e. The lowest BCUT2D eigenvalue weighted by atomic mass is 10.2. The van der Waals surface area contributed by atoms with E-state index < -0.39 is 15.9 Å². The van der Waals surface area contributed by atoms with Gasteiger partial charge in [0.15, 0.2) is 0 Å². The monoisotopic (exact) mass is 389 g/mol. The minimum atomic E-state index is -3.99. The average molecular weight is 390 g/mol. The molecule has 0 saturated heterocycles. The van der Waals surface area contributed by atoms with E-state index in [9.17, 15) is 13.2 Å². The molecule has 0 saturated carbocycles. The summed E-state index contributed by atoms with van der Waals surface area (Å²) in [4.78, 5) is 16.7. The van der Waals surface area contributed by atoms with Gasteiger partial charge in [-0.05, 0) is 30.7 Å². The molecule has 1 N–H and O–H groups in total. The molecule has 8 heteroatoms. The lowest BCUT2D eigenvalue weighted by Gasteiger charge is -2.07. The zero-order valence-corrected chi connectivity index (χ0v) is 15.7. The lowest BCUT2D eigenvalue weighted by molar-refractivity contribution is 0.0977. The molecule has 26 heavy (non-hydrogen) atoms. The van der Waals surface area contributed by atoms with Crippen LogP contribution in [0, 0.1) is 6.92 Å². The third-order valence-corrected chi connectivity index (χ3v) is 5.65. The Hall–Kier alpha value is -2.64. The molecule has 1 amide bonds. The van der Waals surface area contributed by atoms with Crippen molar-refractivity contribution in [2.75, 3.05) is 0 Å². The van der Waals surface area contributed by atoms with Crippen LogP contribution in [0.5, 0.6) is 0 Å². The van der Waals surface area contributed by atoms with Gasteiger partial charge in [-0.3, -0.25) is 4.79 Å². The van der Waals surface area contributed by atoms with Crippen molar-refractivity contribution in [3.63, 3.8) is 0 Å². The molecule has 0 radical (unpaired) electrons. The van der Waals surface area contributed by atoms with E-state index in [2.05, 4.69) is 9.71 Å². The van der Waals surface area contributed by atoms with Gasteiger partial charge < -0.3 is 4.57 Å². The minimum absolute atomic E-state index is 0.0143. The second-order valence-corrected chi connectivity index (χ2v) is 7.80. The Kier molecular flexibility index (Phi) is 4.84. The molecule has 0 aliphatic rings. The summed E-state index contributed by atoms with van der Waals surface area (Å²) >= 11 is 6.17. The number of carbonyl (C=O) groups is 1. The number of halogens is 1. The first-order valence-corrected chi connectivity index (χ1v) is 9.57. The highest BCUT2D eigenvalue weighted by atomic mass is 35.5. The molecular weight excluding hydrogens is 374 g/mol. The first-order chi connectivity index (χ1) is 12.3. The maximum absolute atomic E-state index is 12.5. The van der Waals surface area contributed by atoms with Crippen LogP contribution in [0.4, 0.5) is 0 Å². The van der Waals surface area contributed by atoms with Gasteiger partial charge in [0, 0.05) is 18.8 Å². The van der Waals surface area contributed by atoms with Gasteiger partial charge in [-0.2, -0.15) is 0 Å². The fourth-order valence-corrected chi connectivity index (χ4v) is 3.98. The molecule has 0 unspecified atom stereocenters. The summed E-state index contributed by atoms with van der Waals surface area (Å²) in [6.45, 7) is 1.66. The maximum atomic E-state index is 12.5. The quantitative estimate of drug-likeness (QED) is 0.743. The Balaban J connectivity index is 1.91. The van der Waals surface area contributed by atoms with E-state index in [-0.39, 0.29) is 10.6 Å². The molecule has 0 bridgehead atoms. The number of rotatable bonds is 4. The van der Waals surface area contributed by atoms with E-state index in [1.54, 1.807) is 61.0 Å². The van der Waals surface area contributed by atoms with Crippen LogP contribution in [0.25, 0.3) is 11.4 Å². The standard InChI is InChI=1S/C18H16ClN3O3S/c1-12-7-3-6-10-16(12)26(24,25)21-18(23)15-11-22(2)17(20-15)13-8-4-5-9-14(13)19/h3-11H,1-2H3,(H,21,23). The number of sulfonamides is 1. The zero-order valence-electron chi connectivity index (χ0n) is 14.1. The summed E-state index contributed by atoms with van der Waals surface area (Å²) in [6, 6.07) is 13.5. The van der Waals surface area contributed by atoms with Crippen LogP contribution in [-0.4, -0.2) is 23.9 Å². The van der Waals surface area contributed by atoms with E-state index in [4.69, 9.17) is 11.6 Å². The van der Waals surface area contributed by atoms with Crippen molar-refractivity contribution in [3.8, 4) is 11.4 Å². The second-order valence-electron chi connectivity index (χ2n) is 5.74. The Labute approximate surface area is 156 Å². The highest BCUT2D eigenvalue weighted by Gasteiger charge is 2.23. The molecule has 1 aromatic heterocycles. The van der Waals surface area contributed by atoms with Gasteiger partial charge >= 0.3 is 0 Å². The number of amides is 1. The van der Waals surface area contributed by atoms with Gasteiger partial charge in [0.1, 0.15) is 11.5 Å². The Bertz CT molecular complexity index is 1090. The number of nitrogens with one attached hydrogen (secondary N) is 1. The van der Waals surface area contributed by atoms with Gasteiger partial charge in [-0.25, -0.2) is 18.1 Å². The molecule has 1 heterocycles. The molecule has 3 aromatic rings. The first-order valence-electron chi connectivity index (χ1n) is 7.70. The average Bonchev–Trinajstić information content (AvgIpc) is 2.97. The van der Waals surface area contributed by atoms with Gasteiger partial charge in [0.05, 0.1) is 9.92 Å². The van der Waals surface area contributed by atoms with Crippen LogP contribution in [-0.2, 0) is 17.1 Å². The summed E-state index contributed by atoms with van der Waals surface area (Å²) < 4.78 is 28.6. The Morgan fingerprint density at radius 1 is 1.12 bits per heavy atom. The number of nitrogens with zero attached hydrogens (tertiary/aromatic N) is 2. The number of benzene rings is 2. The van der Waals surface area contributed by atoms with Gasteiger partial charge in [0.2, 0.25) is 0 Å². The third-order valence-electron chi connectivity index (χ3n) is 3.83. The number of imidazole rings is 1. The van der Waals surface area contributed by atoms with Crippen LogP contribution in [0.2, 0.25) is 5.02 Å². The van der Waals surface area contributed by atoms with Crippen molar-refractivity contribution >= 4 is 27.5 Å². The van der Waals surface area contributed by atoms with Crippen LogP contribution in [0.15, 0.2) is 59.6 Å². The number of aromatic nitrogens is 2. The highest BCUT2D eigenvalue weighted by molar-refractivity contribution is 7.90. The van der Waals surface area contributed by atoms with Crippen LogP contribution >= 0.6 is 11.6 Å². The molecular formula is C18H16ClN3O3S. The molecule has 0 atom stereocenters. The number of aryl methyl sites for hydroxylation is 2. The molecule has 0 spiro atoms. The summed E-state index contributed by atoms with van der Waals surface area (Å²) in [6.07, 6.45) is 1.46. The SMILES string of the molecule is Cc1ccccc1S(=O)(=O)NC(=O)c1cn(C)c(-c2ccccc2Cl)n1. The number of hydrogen-bond donors (Lipinski definition) is 1. The third kappa shape index (κ3) is 3.49. The van der Waals surface area contributed by atoms with E-state index in [0.717, 1.165) is 0 Å². The molecule has 0 aliphatic heterocycles. The van der Waals surface area contributed by atoms with E-state index in [1.165, 1.54) is 12.3 Å². The van der Waals surface area contributed by atoms with Gasteiger partial charge in [-0.1, -0.05) is 41.9 Å². The van der Waals surface area contributed by atoms with Gasteiger partial charge in [-0.15, -0.1) is 0 Å². The fourth-order valence-electron chi connectivity index (χ4n) is 2.56. The molecule has 134 valence electrons. The van der Waals surface area contributed by atoms with E-state index >= 15 is 0 Å². The van der Waals surface area contributed by atoms with Gasteiger partial charge in [0.25, 0.3) is 15.9 Å². The summed E-state index contributed by atoms with van der Waals surface area (Å²) in [5.41, 5.74) is 1.18. The molecule has 3 rings (SSSR count). The largest absolute Gasteiger partial charge is 0.333 e. The normalized spacial score (nSPS) is 11.3. The highest BCUT2D eigenvalue weighted by Crippen LogP contribution is 2.26. The molecule has 6 nitrogen and oxygen atoms in total. The van der Waals surface area contributed by atoms with Crippen molar-refractivity contribution in [2.45, 2.75) is 11.8 Å².